The van der Waals surface area contributed by atoms with Gasteiger partial charge in [0.1, 0.15) is 18.1 Å². The summed E-state index contributed by atoms with van der Waals surface area (Å²) >= 11 is 3.38. The van der Waals surface area contributed by atoms with Gasteiger partial charge in [0.2, 0.25) is 0 Å². The smallest absolute Gasteiger partial charge is 0.277 e. The second kappa shape index (κ2) is 10.3. The average molecular weight is 415 g/mol. The Morgan fingerprint density at radius 3 is 2.73 bits per heavy atom. The van der Waals surface area contributed by atoms with Crippen LogP contribution in [0.15, 0.2) is 52.0 Å². The Bertz CT molecular complexity index is 811. The topological polar surface area (TPSA) is 59.9 Å². The van der Waals surface area contributed by atoms with Crippen LogP contribution in [0.4, 0.5) is 0 Å². The minimum atomic E-state index is -0.359. The number of hydrogen-bond acceptors (Lipinski definition) is 4. The summed E-state index contributed by atoms with van der Waals surface area (Å²) in [6.07, 6.45) is 7.65. The molecule has 26 heavy (non-hydrogen) atoms. The van der Waals surface area contributed by atoms with Crippen LogP contribution >= 0.6 is 15.9 Å². The molecule has 0 aromatic heterocycles. The zero-order valence-corrected chi connectivity index (χ0v) is 16.0. The lowest BCUT2D eigenvalue weighted by Gasteiger charge is -2.07. The summed E-state index contributed by atoms with van der Waals surface area (Å²) in [7, 11) is 0. The van der Waals surface area contributed by atoms with Gasteiger partial charge in [0.15, 0.2) is 6.61 Å². The molecular weight excluding hydrogens is 396 g/mol. The third-order valence-electron chi connectivity index (χ3n) is 3.38. The number of ether oxygens (including phenoxy) is 2. The van der Waals surface area contributed by atoms with E-state index in [1.54, 1.807) is 6.07 Å². The van der Waals surface area contributed by atoms with Crippen molar-refractivity contribution in [3.8, 4) is 23.8 Å². The molecule has 0 aliphatic heterocycles. The van der Waals surface area contributed by atoms with Crippen molar-refractivity contribution in [1.82, 2.24) is 5.43 Å². The van der Waals surface area contributed by atoms with Crippen LogP contribution in [0.25, 0.3) is 0 Å². The van der Waals surface area contributed by atoms with Gasteiger partial charge in [-0.05, 0) is 42.3 Å². The van der Waals surface area contributed by atoms with Crippen LogP contribution in [-0.2, 0) is 11.2 Å². The summed E-state index contributed by atoms with van der Waals surface area (Å²) in [5.74, 6) is 3.27. The Morgan fingerprint density at radius 2 is 2.04 bits per heavy atom. The number of hydrogen-bond donors (Lipinski definition) is 1. The Balaban J connectivity index is 1.88. The van der Waals surface area contributed by atoms with Gasteiger partial charge in [0, 0.05) is 10.0 Å². The summed E-state index contributed by atoms with van der Waals surface area (Å²) in [5.41, 5.74) is 4.32. The molecule has 1 N–H and O–H groups in total. The van der Waals surface area contributed by atoms with Crippen LogP contribution in [0.2, 0.25) is 0 Å². The molecule has 0 atom stereocenters. The predicted octanol–water partition coefficient (Wildman–Crippen LogP) is 3.55. The van der Waals surface area contributed by atoms with E-state index < -0.39 is 0 Å². The van der Waals surface area contributed by atoms with Gasteiger partial charge < -0.3 is 9.47 Å². The number of hydrazone groups is 1. The maximum Gasteiger partial charge on any atom is 0.277 e. The Morgan fingerprint density at radius 1 is 1.27 bits per heavy atom. The van der Waals surface area contributed by atoms with E-state index in [4.69, 9.17) is 15.9 Å². The van der Waals surface area contributed by atoms with Gasteiger partial charge in [0.05, 0.1) is 6.21 Å². The molecule has 2 rings (SSSR count). The summed E-state index contributed by atoms with van der Waals surface area (Å²) in [5, 5.41) is 3.93. The molecular formula is C20H19BrN2O3. The first-order chi connectivity index (χ1) is 12.6. The van der Waals surface area contributed by atoms with Gasteiger partial charge in [0.25, 0.3) is 5.91 Å². The third-order valence-corrected chi connectivity index (χ3v) is 3.87. The van der Waals surface area contributed by atoms with E-state index in [9.17, 15) is 4.79 Å². The zero-order valence-electron chi connectivity index (χ0n) is 14.4. The normalized spacial score (nSPS) is 10.3. The predicted molar refractivity (Wildman–Crippen MR) is 106 cm³/mol. The lowest BCUT2D eigenvalue weighted by molar-refractivity contribution is -0.123. The first-order valence-corrected chi connectivity index (χ1v) is 8.81. The number of nitrogens with zero attached hydrogens (tertiary/aromatic N) is 1. The number of benzene rings is 2. The average Bonchev–Trinajstić information content (AvgIpc) is 2.66. The van der Waals surface area contributed by atoms with E-state index in [1.807, 2.05) is 36.4 Å². The van der Waals surface area contributed by atoms with Gasteiger partial charge >= 0.3 is 0 Å². The van der Waals surface area contributed by atoms with Crippen LogP contribution in [0.1, 0.15) is 18.1 Å². The van der Waals surface area contributed by atoms with Crippen molar-refractivity contribution in [2.24, 2.45) is 5.10 Å². The highest BCUT2D eigenvalue weighted by molar-refractivity contribution is 9.10. The number of carbonyl (C=O) groups is 1. The molecule has 5 nitrogen and oxygen atoms in total. The molecule has 0 unspecified atom stereocenters. The molecule has 0 bridgehead atoms. The molecule has 1 amide bonds. The number of amides is 1. The monoisotopic (exact) mass is 414 g/mol. The Hall–Kier alpha value is -2.78. The van der Waals surface area contributed by atoms with E-state index >= 15 is 0 Å². The Labute approximate surface area is 161 Å². The lowest BCUT2D eigenvalue weighted by Crippen LogP contribution is -2.24. The van der Waals surface area contributed by atoms with E-state index in [0.717, 1.165) is 10.9 Å². The van der Waals surface area contributed by atoms with E-state index in [0.29, 0.717) is 17.1 Å². The molecule has 2 aromatic carbocycles. The van der Waals surface area contributed by atoms with Gasteiger partial charge in [-0.25, -0.2) is 5.43 Å². The fraction of sp³-hybridized carbons (Fsp3) is 0.200. The standard InChI is InChI=1S/C20H19BrN2O3/c1-3-11-25-19-10-7-17(21)12-16(19)13-22-23-20(24)14-26-18-8-5-15(4-2)6-9-18/h1,5-10,12-13H,4,11,14H2,2H3,(H,23,24). The summed E-state index contributed by atoms with van der Waals surface area (Å²) in [6.45, 7) is 2.11. The minimum Gasteiger partial charge on any atom is -0.484 e. The molecule has 0 saturated heterocycles. The minimum absolute atomic E-state index is 0.123. The fourth-order valence-corrected chi connectivity index (χ4v) is 2.43. The molecule has 0 spiro atoms. The van der Waals surface area contributed by atoms with Crippen LogP contribution in [0.3, 0.4) is 0 Å². The van der Waals surface area contributed by atoms with Gasteiger partial charge in [-0.15, -0.1) is 6.42 Å². The maximum atomic E-state index is 11.8. The number of rotatable bonds is 8. The molecule has 0 radical (unpaired) electrons. The van der Waals surface area contributed by atoms with E-state index in [1.165, 1.54) is 11.8 Å². The number of carbonyl (C=O) groups excluding carboxylic acids is 1. The second-order valence-corrected chi connectivity index (χ2v) is 6.17. The molecule has 0 saturated carbocycles. The largest absolute Gasteiger partial charge is 0.484 e. The molecule has 0 aliphatic rings. The number of terminal acetylenes is 1. The van der Waals surface area contributed by atoms with Crippen molar-refractivity contribution in [3.63, 3.8) is 0 Å². The Kier molecular flexibility index (Phi) is 7.72. The van der Waals surface area contributed by atoms with Crippen molar-refractivity contribution < 1.29 is 14.3 Å². The zero-order chi connectivity index (χ0) is 18.8. The highest BCUT2D eigenvalue weighted by atomic mass is 79.9. The van der Waals surface area contributed by atoms with Gasteiger partial charge in [-0.1, -0.05) is 40.9 Å². The maximum absolute atomic E-state index is 11.8. The van der Waals surface area contributed by atoms with Crippen molar-refractivity contribution in [2.75, 3.05) is 13.2 Å². The second-order valence-electron chi connectivity index (χ2n) is 5.25. The number of halogens is 1. The lowest BCUT2D eigenvalue weighted by atomic mass is 10.2. The van der Waals surface area contributed by atoms with E-state index in [2.05, 4.69) is 39.3 Å². The summed E-state index contributed by atoms with van der Waals surface area (Å²) in [6, 6.07) is 13.0. The van der Waals surface area contributed by atoms with Crippen LogP contribution in [0.5, 0.6) is 11.5 Å². The van der Waals surface area contributed by atoms with Gasteiger partial charge in [-0.3, -0.25) is 4.79 Å². The van der Waals surface area contributed by atoms with Crippen molar-refractivity contribution >= 4 is 28.1 Å². The SMILES string of the molecule is C#CCOc1ccc(Br)cc1C=NNC(=O)COc1ccc(CC)cc1. The fourth-order valence-electron chi connectivity index (χ4n) is 2.05. The van der Waals surface area contributed by atoms with Crippen LogP contribution in [0, 0.1) is 12.3 Å². The summed E-state index contributed by atoms with van der Waals surface area (Å²) in [4.78, 5) is 11.8. The third kappa shape index (κ3) is 6.26. The van der Waals surface area contributed by atoms with Crippen molar-refractivity contribution in [3.05, 3.63) is 58.1 Å². The molecule has 0 heterocycles. The highest BCUT2D eigenvalue weighted by Crippen LogP contribution is 2.21. The molecule has 6 heteroatoms. The highest BCUT2D eigenvalue weighted by Gasteiger charge is 2.04. The quantitative estimate of drug-likeness (QED) is 0.408. The van der Waals surface area contributed by atoms with E-state index in [-0.39, 0.29) is 19.1 Å². The first-order valence-electron chi connectivity index (χ1n) is 8.02. The molecule has 2 aromatic rings. The van der Waals surface area contributed by atoms with Crippen LogP contribution in [-0.4, -0.2) is 25.3 Å². The molecule has 0 aliphatic carbocycles. The number of nitrogens with one attached hydrogen (secondary N) is 1. The van der Waals surface area contributed by atoms with Crippen molar-refractivity contribution in [1.29, 1.82) is 0 Å². The number of aryl methyl sites for hydroxylation is 1. The van der Waals surface area contributed by atoms with Crippen LogP contribution < -0.4 is 14.9 Å². The molecule has 0 fully saturated rings. The first kappa shape index (κ1) is 19.5. The van der Waals surface area contributed by atoms with Gasteiger partial charge in [-0.2, -0.15) is 5.10 Å². The van der Waals surface area contributed by atoms with Crippen molar-refractivity contribution in [2.45, 2.75) is 13.3 Å². The summed E-state index contributed by atoms with van der Waals surface area (Å²) < 4.78 is 11.7. The molecule has 134 valence electrons.